The average molecular weight is 296 g/mol. The molecule has 0 aromatic heterocycles. The average Bonchev–Trinajstić information content (AvgIpc) is 2.37. The number of nitrogens with one attached hydrogen (secondary N) is 1. The van der Waals surface area contributed by atoms with Gasteiger partial charge in [-0.2, -0.15) is 0 Å². The van der Waals surface area contributed by atoms with Crippen molar-refractivity contribution >= 4 is 23.8 Å². The van der Waals surface area contributed by atoms with Gasteiger partial charge in [0.2, 0.25) is 5.91 Å². The molecular weight excluding hydrogens is 280 g/mol. The zero-order valence-electron chi connectivity index (χ0n) is 11.4. The molecule has 0 heterocycles. The van der Waals surface area contributed by atoms with Crippen LogP contribution in [0.2, 0.25) is 0 Å². The molecular formula is C13H16N2O6. The molecule has 0 saturated carbocycles. The molecule has 1 rings (SSSR count). The molecule has 114 valence electrons. The predicted molar refractivity (Wildman–Crippen MR) is 71.0 cm³/mol. The Morgan fingerprint density at radius 1 is 1.33 bits per heavy atom. The van der Waals surface area contributed by atoms with Crippen molar-refractivity contribution in [3.8, 4) is 0 Å². The lowest BCUT2D eigenvalue weighted by Gasteiger charge is -2.26. The lowest BCUT2D eigenvalue weighted by atomic mass is 9.77. The number of aliphatic carboxylic acids is 2. The van der Waals surface area contributed by atoms with Crippen LogP contribution < -0.4 is 11.1 Å². The Bertz CT molecular complexity index is 563. The van der Waals surface area contributed by atoms with Crippen molar-refractivity contribution < 1.29 is 29.4 Å². The highest BCUT2D eigenvalue weighted by Gasteiger charge is 2.37. The van der Waals surface area contributed by atoms with E-state index in [1.54, 1.807) is 0 Å². The SMILES string of the molecule is CC1(C(=O)O)C=C(C(=O)NCCC(N)=O)C=C(C(=O)O)C1. The number of carbonyl (C=O) groups excluding carboxylic acids is 2. The third-order valence-electron chi connectivity index (χ3n) is 3.04. The molecule has 0 fully saturated rings. The van der Waals surface area contributed by atoms with Crippen molar-refractivity contribution in [1.82, 2.24) is 5.32 Å². The summed E-state index contributed by atoms with van der Waals surface area (Å²) in [6, 6.07) is 0. The number of amides is 2. The molecule has 21 heavy (non-hydrogen) atoms. The first-order chi connectivity index (χ1) is 9.65. The van der Waals surface area contributed by atoms with E-state index >= 15 is 0 Å². The smallest absolute Gasteiger partial charge is 0.331 e. The van der Waals surface area contributed by atoms with Gasteiger partial charge >= 0.3 is 11.9 Å². The molecule has 0 radical (unpaired) electrons. The van der Waals surface area contributed by atoms with Gasteiger partial charge < -0.3 is 21.3 Å². The van der Waals surface area contributed by atoms with E-state index in [4.69, 9.17) is 10.8 Å². The number of rotatable bonds is 6. The predicted octanol–water partition coefficient (Wildman–Crippen LogP) is -0.590. The van der Waals surface area contributed by atoms with Crippen LogP contribution in [0.1, 0.15) is 19.8 Å². The summed E-state index contributed by atoms with van der Waals surface area (Å²) in [4.78, 5) is 44.8. The Kier molecular flexibility index (Phi) is 4.85. The fourth-order valence-electron chi connectivity index (χ4n) is 1.88. The first-order valence-corrected chi connectivity index (χ1v) is 6.12. The Balaban J connectivity index is 2.97. The lowest BCUT2D eigenvalue weighted by molar-refractivity contribution is -0.145. The Morgan fingerprint density at radius 3 is 2.43 bits per heavy atom. The van der Waals surface area contributed by atoms with Gasteiger partial charge in [0.05, 0.1) is 5.41 Å². The fraction of sp³-hybridized carbons (Fsp3) is 0.385. The van der Waals surface area contributed by atoms with Gasteiger partial charge in [-0.15, -0.1) is 0 Å². The summed E-state index contributed by atoms with van der Waals surface area (Å²) < 4.78 is 0. The van der Waals surface area contributed by atoms with Gasteiger partial charge in [0, 0.05) is 24.1 Å². The van der Waals surface area contributed by atoms with E-state index < -0.39 is 29.2 Å². The molecule has 5 N–H and O–H groups in total. The van der Waals surface area contributed by atoms with Crippen LogP contribution >= 0.6 is 0 Å². The maximum atomic E-state index is 11.9. The van der Waals surface area contributed by atoms with Gasteiger partial charge in [-0.1, -0.05) is 6.08 Å². The minimum Gasteiger partial charge on any atom is -0.481 e. The Hall–Kier alpha value is -2.64. The van der Waals surface area contributed by atoms with Crippen LogP contribution in [0, 0.1) is 5.41 Å². The first-order valence-electron chi connectivity index (χ1n) is 6.12. The minimum absolute atomic E-state index is 0.00840. The number of carboxylic acid groups (broad SMARTS) is 2. The van der Waals surface area contributed by atoms with Crippen LogP contribution in [-0.2, 0) is 19.2 Å². The molecule has 0 saturated heterocycles. The maximum absolute atomic E-state index is 11.9. The molecule has 1 unspecified atom stereocenters. The zero-order chi connectivity index (χ0) is 16.2. The second-order valence-electron chi connectivity index (χ2n) is 4.95. The number of nitrogens with two attached hydrogens (primary N) is 1. The standard InChI is InChI=1S/C13H16N2O6/c1-13(12(20)21)5-7(4-8(6-13)11(18)19)10(17)15-3-2-9(14)16/h4-5H,2-3,6H2,1H3,(H2,14,16)(H,15,17)(H,18,19)(H,20,21). The first kappa shape index (κ1) is 16.4. The molecule has 0 spiro atoms. The summed E-state index contributed by atoms with van der Waals surface area (Å²) in [7, 11) is 0. The van der Waals surface area contributed by atoms with E-state index in [1.165, 1.54) is 13.0 Å². The van der Waals surface area contributed by atoms with E-state index in [9.17, 15) is 24.3 Å². The van der Waals surface area contributed by atoms with Gasteiger partial charge in [0.25, 0.3) is 5.91 Å². The monoisotopic (exact) mass is 296 g/mol. The van der Waals surface area contributed by atoms with E-state index in [1.807, 2.05) is 0 Å². The molecule has 8 heteroatoms. The van der Waals surface area contributed by atoms with Crippen LogP contribution in [0.4, 0.5) is 0 Å². The van der Waals surface area contributed by atoms with Crippen molar-refractivity contribution in [3.05, 3.63) is 23.3 Å². The minimum atomic E-state index is -1.47. The number of carbonyl (C=O) groups is 4. The topological polar surface area (TPSA) is 147 Å². The maximum Gasteiger partial charge on any atom is 0.331 e. The lowest BCUT2D eigenvalue weighted by Crippen LogP contribution is -2.34. The molecule has 1 aliphatic rings. The molecule has 8 nitrogen and oxygen atoms in total. The van der Waals surface area contributed by atoms with Crippen molar-refractivity contribution in [2.24, 2.45) is 11.1 Å². The third kappa shape index (κ3) is 4.16. The van der Waals surface area contributed by atoms with Crippen molar-refractivity contribution in [2.75, 3.05) is 6.54 Å². The van der Waals surface area contributed by atoms with Gasteiger partial charge in [0.1, 0.15) is 0 Å². The van der Waals surface area contributed by atoms with Crippen molar-refractivity contribution in [3.63, 3.8) is 0 Å². The van der Waals surface area contributed by atoms with Crippen molar-refractivity contribution in [1.29, 1.82) is 0 Å². The largest absolute Gasteiger partial charge is 0.481 e. The van der Waals surface area contributed by atoms with E-state index in [0.717, 1.165) is 6.08 Å². The summed E-state index contributed by atoms with van der Waals surface area (Å²) in [6.45, 7) is 1.33. The van der Waals surface area contributed by atoms with Crippen LogP contribution in [0.15, 0.2) is 23.3 Å². The molecule has 1 atom stereocenters. The zero-order valence-corrected chi connectivity index (χ0v) is 11.4. The number of hydrogen-bond donors (Lipinski definition) is 4. The van der Waals surface area contributed by atoms with Crippen LogP contribution in [-0.4, -0.2) is 40.5 Å². The molecule has 0 aliphatic heterocycles. The van der Waals surface area contributed by atoms with Gasteiger partial charge in [-0.3, -0.25) is 14.4 Å². The second kappa shape index (κ2) is 6.21. The summed E-state index contributed by atoms with van der Waals surface area (Å²) in [6.07, 6.45) is 2.06. The molecule has 1 aliphatic carbocycles. The summed E-state index contributed by atoms with van der Waals surface area (Å²) in [5, 5.41) is 20.6. The quantitative estimate of drug-likeness (QED) is 0.515. The van der Waals surface area contributed by atoms with E-state index in [-0.39, 0.29) is 30.5 Å². The van der Waals surface area contributed by atoms with Crippen LogP contribution in [0.3, 0.4) is 0 Å². The number of primary amides is 1. The highest BCUT2D eigenvalue weighted by atomic mass is 16.4. The van der Waals surface area contributed by atoms with Crippen LogP contribution in [0.25, 0.3) is 0 Å². The molecule has 2 amide bonds. The van der Waals surface area contributed by atoms with Crippen molar-refractivity contribution in [2.45, 2.75) is 19.8 Å². The third-order valence-corrected chi connectivity index (χ3v) is 3.04. The second-order valence-corrected chi connectivity index (χ2v) is 4.95. The fourth-order valence-corrected chi connectivity index (χ4v) is 1.88. The molecule has 0 aromatic carbocycles. The highest BCUT2D eigenvalue weighted by molar-refractivity contribution is 6.01. The summed E-state index contributed by atoms with van der Waals surface area (Å²) >= 11 is 0. The molecule has 0 aromatic rings. The Morgan fingerprint density at radius 2 is 1.95 bits per heavy atom. The Labute approximate surface area is 120 Å². The highest BCUT2D eigenvalue weighted by Crippen LogP contribution is 2.34. The number of carboxylic acids is 2. The van der Waals surface area contributed by atoms with E-state index in [0.29, 0.717) is 0 Å². The van der Waals surface area contributed by atoms with Crippen LogP contribution in [0.5, 0.6) is 0 Å². The van der Waals surface area contributed by atoms with Gasteiger partial charge in [-0.05, 0) is 19.4 Å². The molecule has 0 bridgehead atoms. The van der Waals surface area contributed by atoms with Gasteiger partial charge in [-0.25, -0.2) is 4.79 Å². The summed E-state index contributed by atoms with van der Waals surface area (Å²) in [5.41, 5.74) is 3.23. The summed E-state index contributed by atoms with van der Waals surface area (Å²) in [5.74, 6) is -3.75. The number of hydrogen-bond acceptors (Lipinski definition) is 4. The normalized spacial score (nSPS) is 21.0. The van der Waals surface area contributed by atoms with E-state index in [2.05, 4.69) is 5.32 Å². The van der Waals surface area contributed by atoms with Gasteiger partial charge in [0.15, 0.2) is 0 Å².